The molecule has 0 atom stereocenters. The van der Waals surface area contributed by atoms with Crippen LogP contribution < -0.4 is 0 Å². The van der Waals surface area contributed by atoms with Gasteiger partial charge in [-0.05, 0) is 17.8 Å². The molecule has 0 unspecified atom stereocenters. The fraction of sp³-hybridized carbons (Fsp3) is 1.00. The van der Waals surface area contributed by atoms with Gasteiger partial charge in [-0.3, -0.25) is 0 Å². The van der Waals surface area contributed by atoms with Crippen molar-refractivity contribution >= 4 is 0 Å². The second-order valence-electron chi connectivity index (χ2n) is 6.46. The van der Waals surface area contributed by atoms with Crippen molar-refractivity contribution in [3.05, 3.63) is 0 Å². The molecule has 96 valence electrons. The van der Waals surface area contributed by atoms with Crippen LogP contribution in [0.1, 0.15) is 85.0 Å². The summed E-state index contributed by atoms with van der Waals surface area (Å²) in [7, 11) is 0. The second kappa shape index (κ2) is 8.14. The zero-order valence-electron chi connectivity index (χ0n) is 11.8. The highest BCUT2D eigenvalue weighted by Gasteiger charge is 2.12. The van der Waals surface area contributed by atoms with E-state index >= 15 is 0 Å². The predicted molar refractivity (Wildman–Crippen MR) is 73.7 cm³/mol. The molecule has 0 aliphatic heterocycles. The lowest BCUT2D eigenvalue weighted by atomic mass is 9.88. The first-order valence-corrected chi connectivity index (χ1v) is 7.68. The third-order valence-electron chi connectivity index (χ3n) is 4.15. The molecule has 0 radical (unpaired) electrons. The molecule has 0 N–H and O–H groups in total. The van der Waals surface area contributed by atoms with Crippen molar-refractivity contribution in [2.75, 3.05) is 0 Å². The summed E-state index contributed by atoms with van der Waals surface area (Å²) in [5, 5.41) is 0. The van der Waals surface area contributed by atoms with Crippen LogP contribution in [0.15, 0.2) is 0 Å². The van der Waals surface area contributed by atoms with Crippen molar-refractivity contribution in [2.45, 2.75) is 85.0 Å². The Labute approximate surface area is 103 Å². The van der Waals surface area contributed by atoms with Crippen molar-refractivity contribution < 1.29 is 0 Å². The van der Waals surface area contributed by atoms with Gasteiger partial charge in [0.05, 0.1) is 0 Å². The predicted octanol–water partition coefficient (Wildman–Crippen LogP) is 5.81. The summed E-state index contributed by atoms with van der Waals surface area (Å²) in [5.41, 5.74) is 0. The molecule has 0 heterocycles. The molecule has 0 heteroatoms. The van der Waals surface area contributed by atoms with Crippen LogP contribution in [0.2, 0.25) is 0 Å². The Morgan fingerprint density at radius 3 is 0.938 bits per heavy atom. The molecule has 0 amide bonds. The summed E-state index contributed by atoms with van der Waals surface area (Å²) in [6.07, 6.45) is 14.9. The smallest absolute Gasteiger partial charge is 0.0443 e. The van der Waals surface area contributed by atoms with Crippen LogP contribution >= 0.6 is 0 Å². The monoisotopic (exact) mass is 224 g/mol. The fourth-order valence-electron chi connectivity index (χ4n) is 2.09. The topological polar surface area (TPSA) is 0 Å². The lowest BCUT2D eigenvalue weighted by Gasteiger charge is -2.18. The van der Waals surface area contributed by atoms with Gasteiger partial charge in [0.15, 0.2) is 0 Å². The Morgan fingerprint density at radius 1 is 0.438 bits per heavy atom. The molecule has 0 saturated heterocycles. The molecule has 3 saturated carbocycles. The summed E-state index contributed by atoms with van der Waals surface area (Å²) in [4.78, 5) is 0. The summed E-state index contributed by atoms with van der Waals surface area (Å²) >= 11 is 0. The Bertz CT molecular complexity index is 147. The Kier molecular flexibility index (Phi) is 7.16. The largest absolute Gasteiger partial charge is 0.0625 e. The molecule has 0 aromatic carbocycles. The molecular formula is C16H32. The highest BCUT2D eigenvalue weighted by atomic mass is 14.2. The van der Waals surface area contributed by atoms with E-state index < -0.39 is 0 Å². The van der Waals surface area contributed by atoms with E-state index in [-0.39, 0.29) is 0 Å². The molecule has 3 fully saturated rings. The van der Waals surface area contributed by atoms with Crippen LogP contribution in [0.5, 0.6) is 0 Å². The SMILES string of the molecule is CC1CC1.CC1CCC1.CC1CCCCC1. The summed E-state index contributed by atoms with van der Waals surface area (Å²) in [6.45, 7) is 6.95. The van der Waals surface area contributed by atoms with Crippen molar-refractivity contribution in [2.24, 2.45) is 17.8 Å². The van der Waals surface area contributed by atoms with E-state index in [9.17, 15) is 0 Å². The maximum atomic E-state index is 2.36. The van der Waals surface area contributed by atoms with Gasteiger partial charge in [-0.15, -0.1) is 0 Å². The Morgan fingerprint density at radius 2 is 0.812 bits per heavy atom. The third-order valence-corrected chi connectivity index (χ3v) is 4.15. The zero-order valence-corrected chi connectivity index (χ0v) is 11.8. The molecule has 0 spiro atoms. The second-order valence-corrected chi connectivity index (χ2v) is 6.46. The van der Waals surface area contributed by atoms with E-state index in [4.69, 9.17) is 0 Å². The standard InChI is InChI=1S/C7H14.C5H10.C4H8/c1-7-5-3-2-4-6-7;1-5-3-2-4-5;1-4-2-3-4/h7H,2-6H2,1H3;5H,2-4H2,1H3;4H,2-3H2,1H3. The first kappa shape index (κ1) is 14.1. The van der Waals surface area contributed by atoms with E-state index in [1.807, 2.05) is 0 Å². The van der Waals surface area contributed by atoms with Crippen LogP contribution in [0, 0.1) is 17.8 Å². The van der Waals surface area contributed by atoms with E-state index in [1.165, 1.54) is 64.2 Å². The highest BCUT2D eigenvalue weighted by molar-refractivity contribution is 4.65. The first-order chi connectivity index (χ1) is 7.68. The Balaban J connectivity index is 0.000000125. The van der Waals surface area contributed by atoms with Crippen LogP contribution in [0.4, 0.5) is 0 Å². The van der Waals surface area contributed by atoms with E-state index in [2.05, 4.69) is 20.8 Å². The van der Waals surface area contributed by atoms with Crippen molar-refractivity contribution in [3.8, 4) is 0 Å². The molecule has 16 heavy (non-hydrogen) atoms. The van der Waals surface area contributed by atoms with E-state index in [0.717, 1.165) is 17.8 Å². The average molecular weight is 224 g/mol. The fourth-order valence-corrected chi connectivity index (χ4v) is 2.09. The summed E-state index contributed by atoms with van der Waals surface area (Å²) in [5.74, 6) is 3.18. The third kappa shape index (κ3) is 8.19. The van der Waals surface area contributed by atoms with Gasteiger partial charge in [-0.1, -0.05) is 85.0 Å². The number of rotatable bonds is 0. The molecule has 0 nitrogen and oxygen atoms in total. The lowest BCUT2D eigenvalue weighted by molar-refractivity contribution is 0.346. The van der Waals surface area contributed by atoms with Crippen LogP contribution in [0.3, 0.4) is 0 Å². The minimum Gasteiger partial charge on any atom is -0.0625 e. The van der Waals surface area contributed by atoms with Gasteiger partial charge in [0, 0.05) is 0 Å². The molecule has 3 aliphatic rings. The Hall–Kier alpha value is 0. The molecule has 3 rings (SSSR count). The van der Waals surface area contributed by atoms with Gasteiger partial charge in [-0.25, -0.2) is 0 Å². The van der Waals surface area contributed by atoms with Crippen LogP contribution in [-0.2, 0) is 0 Å². The maximum Gasteiger partial charge on any atom is -0.0443 e. The van der Waals surface area contributed by atoms with Crippen molar-refractivity contribution in [1.29, 1.82) is 0 Å². The van der Waals surface area contributed by atoms with Gasteiger partial charge in [-0.2, -0.15) is 0 Å². The minimum atomic E-state index is 1.04. The lowest BCUT2D eigenvalue weighted by Crippen LogP contribution is -2.04. The van der Waals surface area contributed by atoms with Gasteiger partial charge >= 0.3 is 0 Å². The summed E-state index contributed by atoms with van der Waals surface area (Å²) < 4.78 is 0. The van der Waals surface area contributed by atoms with Gasteiger partial charge in [0.25, 0.3) is 0 Å². The minimum absolute atomic E-state index is 1.04. The molecule has 0 aromatic heterocycles. The maximum absolute atomic E-state index is 2.36. The van der Waals surface area contributed by atoms with Gasteiger partial charge < -0.3 is 0 Å². The van der Waals surface area contributed by atoms with Gasteiger partial charge in [0.1, 0.15) is 0 Å². The van der Waals surface area contributed by atoms with E-state index in [0.29, 0.717) is 0 Å². The highest BCUT2D eigenvalue weighted by Crippen LogP contribution is 2.26. The van der Waals surface area contributed by atoms with Crippen LogP contribution in [-0.4, -0.2) is 0 Å². The van der Waals surface area contributed by atoms with Gasteiger partial charge in [0.2, 0.25) is 0 Å². The molecular weight excluding hydrogens is 192 g/mol. The van der Waals surface area contributed by atoms with Crippen LogP contribution in [0.25, 0.3) is 0 Å². The van der Waals surface area contributed by atoms with Crippen molar-refractivity contribution in [3.63, 3.8) is 0 Å². The molecule has 0 bridgehead atoms. The number of hydrogen-bond acceptors (Lipinski definition) is 0. The quantitative estimate of drug-likeness (QED) is 0.487. The van der Waals surface area contributed by atoms with Crippen molar-refractivity contribution in [1.82, 2.24) is 0 Å². The molecule has 3 aliphatic carbocycles. The molecule has 0 aromatic rings. The first-order valence-electron chi connectivity index (χ1n) is 7.68. The average Bonchev–Trinajstić information content (AvgIpc) is 3.01. The number of hydrogen-bond donors (Lipinski definition) is 0. The normalized spacial score (nSPS) is 25.7. The zero-order chi connectivity index (χ0) is 11.8. The van der Waals surface area contributed by atoms with E-state index in [1.54, 1.807) is 0 Å². The summed E-state index contributed by atoms with van der Waals surface area (Å²) in [6, 6.07) is 0.